The lowest BCUT2D eigenvalue weighted by molar-refractivity contribution is 0.0793. The van der Waals surface area contributed by atoms with Crippen molar-refractivity contribution in [3.63, 3.8) is 0 Å². The van der Waals surface area contributed by atoms with E-state index >= 15 is 0 Å². The van der Waals surface area contributed by atoms with Crippen LogP contribution < -0.4 is 10.1 Å². The zero-order valence-electron chi connectivity index (χ0n) is 13.2. The number of benzene rings is 1. The van der Waals surface area contributed by atoms with E-state index in [4.69, 9.17) is 4.74 Å². The topological polar surface area (TPSA) is 24.5 Å². The molecule has 2 unspecified atom stereocenters. The van der Waals surface area contributed by atoms with Crippen molar-refractivity contribution in [2.24, 2.45) is 0 Å². The van der Waals surface area contributed by atoms with Crippen LogP contribution in [0, 0.1) is 0 Å². The molecule has 0 saturated carbocycles. The first-order valence-corrected chi connectivity index (χ1v) is 8.59. The van der Waals surface area contributed by atoms with Gasteiger partial charge in [0.2, 0.25) is 0 Å². The number of nitrogens with one attached hydrogen (secondary N) is 1. The highest BCUT2D eigenvalue weighted by Gasteiger charge is 2.34. The van der Waals surface area contributed by atoms with Gasteiger partial charge in [0.25, 0.3) is 0 Å². The van der Waals surface area contributed by atoms with E-state index in [9.17, 15) is 0 Å². The zero-order valence-corrected chi connectivity index (χ0v) is 13.2. The van der Waals surface area contributed by atoms with Gasteiger partial charge in [-0.1, -0.05) is 44.4 Å². The maximum absolute atomic E-state index is 6.06. The lowest BCUT2D eigenvalue weighted by Gasteiger charge is -2.41. The summed E-state index contributed by atoms with van der Waals surface area (Å²) in [7, 11) is 0. The fourth-order valence-corrected chi connectivity index (χ4v) is 3.73. The fraction of sp³-hybridized carbons (Fsp3) is 0.667. The third kappa shape index (κ3) is 3.41. The number of nitrogens with zero attached hydrogens (tertiary/aromatic N) is 1. The number of fused-ring (bicyclic) bond motifs is 1. The Bertz CT molecular complexity index is 441. The van der Waals surface area contributed by atoms with Crippen molar-refractivity contribution < 1.29 is 4.74 Å². The highest BCUT2D eigenvalue weighted by atomic mass is 16.5. The van der Waals surface area contributed by atoms with Crippen molar-refractivity contribution in [3.8, 4) is 5.75 Å². The molecule has 3 nitrogen and oxygen atoms in total. The summed E-state index contributed by atoms with van der Waals surface area (Å²) in [6.45, 7) is 6.46. The van der Waals surface area contributed by atoms with Gasteiger partial charge in [-0.25, -0.2) is 0 Å². The summed E-state index contributed by atoms with van der Waals surface area (Å²) in [4.78, 5) is 2.67. The largest absolute Gasteiger partial charge is 0.492 e. The molecule has 0 spiro atoms. The van der Waals surface area contributed by atoms with E-state index in [-0.39, 0.29) is 0 Å². The number of likely N-dealkylation sites (N-methyl/N-ethyl adjacent to an activating group) is 1. The van der Waals surface area contributed by atoms with Gasteiger partial charge >= 0.3 is 0 Å². The molecule has 1 aromatic carbocycles. The first-order chi connectivity index (χ1) is 10.4. The van der Waals surface area contributed by atoms with Crippen LogP contribution in [0.2, 0.25) is 0 Å². The molecule has 2 aliphatic rings. The lowest BCUT2D eigenvalue weighted by Crippen LogP contribution is -2.51. The minimum absolute atomic E-state index is 0.402. The SMILES string of the molecule is CCNC1c2ccccc2OCC1N1CCCCCCC1. The van der Waals surface area contributed by atoms with Crippen molar-refractivity contribution >= 4 is 0 Å². The van der Waals surface area contributed by atoms with Crippen molar-refractivity contribution in [3.05, 3.63) is 29.8 Å². The number of rotatable bonds is 3. The first kappa shape index (κ1) is 14.9. The van der Waals surface area contributed by atoms with E-state index in [0.717, 1.165) is 18.9 Å². The highest BCUT2D eigenvalue weighted by Crippen LogP contribution is 2.34. The third-order valence-corrected chi connectivity index (χ3v) is 4.83. The summed E-state index contributed by atoms with van der Waals surface area (Å²) in [5, 5.41) is 3.70. The quantitative estimate of drug-likeness (QED) is 0.923. The molecule has 21 heavy (non-hydrogen) atoms. The molecule has 2 atom stereocenters. The summed E-state index contributed by atoms with van der Waals surface area (Å²) in [6.07, 6.45) is 6.83. The maximum atomic E-state index is 6.06. The average molecular weight is 288 g/mol. The molecule has 116 valence electrons. The predicted octanol–water partition coefficient (Wildman–Crippen LogP) is 3.36. The van der Waals surface area contributed by atoms with Crippen LogP contribution in [0.3, 0.4) is 0 Å². The monoisotopic (exact) mass is 288 g/mol. The summed E-state index contributed by atoms with van der Waals surface area (Å²) >= 11 is 0. The van der Waals surface area contributed by atoms with E-state index < -0.39 is 0 Å². The molecular weight excluding hydrogens is 260 g/mol. The van der Waals surface area contributed by atoms with Gasteiger partial charge in [-0.2, -0.15) is 0 Å². The Kier molecular flexibility index (Phi) is 5.15. The Morgan fingerprint density at radius 3 is 2.57 bits per heavy atom. The summed E-state index contributed by atoms with van der Waals surface area (Å²) in [5.41, 5.74) is 1.33. The standard InChI is InChI=1S/C18H28N2O/c1-2-19-18-15-10-6-7-11-17(15)21-14-16(18)20-12-8-4-3-5-9-13-20/h6-7,10-11,16,18-19H,2-5,8-9,12-14H2,1H3. The van der Waals surface area contributed by atoms with Crippen LogP contribution >= 0.6 is 0 Å². The highest BCUT2D eigenvalue weighted by molar-refractivity contribution is 5.38. The molecule has 3 heteroatoms. The summed E-state index contributed by atoms with van der Waals surface area (Å²) < 4.78 is 6.06. The smallest absolute Gasteiger partial charge is 0.124 e. The van der Waals surface area contributed by atoms with Crippen molar-refractivity contribution in [2.75, 3.05) is 26.2 Å². The van der Waals surface area contributed by atoms with E-state index in [2.05, 4.69) is 41.4 Å². The van der Waals surface area contributed by atoms with Gasteiger partial charge in [0.15, 0.2) is 0 Å². The van der Waals surface area contributed by atoms with Crippen molar-refractivity contribution in [1.82, 2.24) is 10.2 Å². The Balaban J connectivity index is 1.80. The molecule has 0 bridgehead atoms. The summed E-state index contributed by atoms with van der Waals surface area (Å²) in [6, 6.07) is 9.39. The molecule has 3 rings (SSSR count). The molecule has 2 heterocycles. The number of hydrogen-bond donors (Lipinski definition) is 1. The minimum Gasteiger partial charge on any atom is -0.492 e. The number of likely N-dealkylation sites (tertiary alicyclic amines) is 1. The number of hydrogen-bond acceptors (Lipinski definition) is 3. The van der Waals surface area contributed by atoms with Gasteiger partial charge in [-0.3, -0.25) is 4.90 Å². The molecule has 1 saturated heterocycles. The Morgan fingerprint density at radius 2 is 1.81 bits per heavy atom. The predicted molar refractivity (Wildman–Crippen MR) is 86.8 cm³/mol. The van der Waals surface area contributed by atoms with Crippen LogP contribution in [0.4, 0.5) is 0 Å². The molecular formula is C18H28N2O. The van der Waals surface area contributed by atoms with Crippen LogP contribution in [0.25, 0.3) is 0 Å². The van der Waals surface area contributed by atoms with Crippen LogP contribution in [0.5, 0.6) is 5.75 Å². The molecule has 1 fully saturated rings. The third-order valence-electron chi connectivity index (χ3n) is 4.83. The Hall–Kier alpha value is -1.06. The Labute approximate surface area is 128 Å². The molecule has 0 amide bonds. The van der Waals surface area contributed by atoms with E-state index in [1.165, 1.54) is 50.8 Å². The van der Waals surface area contributed by atoms with Crippen LogP contribution in [-0.2, 0) is 0 Å². The normalized spacial score (nSPS) is 27.3. The maximum Gasteiger partial charge on any atom is 0.124 e. The first-order valence-electron chi connectivity index (χ1n) is 8.59. The zero-order chi connectivity index (χ0) is 14.5. The lowest BCUT2D eigenvalue weighted by atomic mass is 9.94. The second kappa shape index (κ2) is 7.28. The van der Waals surface area contributed by atoms with Gasteiger partial charge in [0.1, 0.15) is 12.4 Å². The van der Waals surface area contributed by atoms with Gasteiger partial charge in [-0.05, 0) is 38.5 Å². The second-order valence-electron chi connectivity index (χ2n) is 6.26. The van der Waals surface area contributed by atoms with E-state index in [0.29, 0.717) is 12.1 Å². The van der Waals surface area contributed by atoms with Gasteiger partial charge in [0, 0.05) is 5.56 Å². The van der Waals surface area contributed by atoms with Gasteiger partial charge in [-0.15, -0.1) is 0 Å². The van der Waals surface area contributed by atoms with Gasteiger partial charge in [0.05, 0.1) is 12.1 Å². The number of ether oxygens (including phenoxy) is 1. The number of para-hydroxylation sites is 1. The van der Waals surface area contributed by atoms with Crippen molar-refractivity contribution in [2.45, 2.75) is 51.1 Å². The molecule has 2 aliphatic heterocycles. The van der Waals surface area contributed by atoms with Crippen molar-refractivity contribution in [1.29, 1.82) is 0 Å². The summed E-state index contributed by atoms with van der Waals surface area (Å²) in [5.74, 6) is 1.06. The second-order valence-corrected chi connectivity index (χ2v) is 6.26. The molecule has 1 aromatic rings. The van der Waals surface area contributed by atoms with E-state index in [1.807, 2.05) is 0 Å². The average Bonchev–Trinajstić information content (AvgIpc) is 2.48. The van der Waals surface area contributed by atoms with Crippen LogP contribution in [-0.4, -0.2) is 37.2 Å². The Morgan fingerprint density at radius 1 is 1.10 bits per heavy atom. The minimum atomic E-state index is 0.402. The molecule has 0 radical (unpaired) electrons. The van der Waals surface area contributed by atoms with Gasteiger partial charge < -0.3 is 10.1 Å². The molecule has 0 aromatic heterocycles. The van der Waals surface area contributed by atoms with Crippen LogP contribution in [0.15, 0.2) is 24.3 Å². The molecule has 1 N–H and O–H groups in total. The molecule has 0 aliphatic carbocycles. The van der Waals surface area contributed by atoms with Crippen LogP contribution in [0.1, 0.15) is 50.6 Å². The fourth-order valence-electron chi connectivity index (χ4n) is 3.73. The van der Waals surface area contributed by atoms with E-state index in [1.54, 1.807) is 0 Å².